The summed E-state index contributed by atoms with van der Waals surface area (Å²) in [6.45, 7) is 8.72. The summed E-state index contributed by atoms with van der Waals surface area (Å²) in [6.07, 6.45) is 4.30. The predicted molar refractivity (Wildman–Crippen MR) is 197 cm³/mol. The first-order valence-corrected chi connectivity index (χ1v) is 18.0. The molecule has 1 saturated carbocycles. The second-order valence-corrected chi connectivity index (χ2v) is 14.9. The maximum Gasteiger partial charge on any atom is 0.271 e. The average Bonchev–Trinajstić information content (AvgIpc) is 3.81. The number of carbonyl (C=O) groups excluding carboxylic acids is 3. The monoisotopic (exact) mass is 732 g/mol. The Kier molecular flexibility index (Phi) is 10.1. The predicted octanol–water partition coefficient (Wildman–Crippen LogP) is 7.05. The second-order valence-electron chi connectivity index (χ2n) is 14.9. The molecule has 2 N–H and O–H groups in total. The Morgan fingerprint density at radius 3 is 2.11 bits per heavy atom. The SMILES string of the molecule is CC(=O)c1cccc2ncn(C(CC(N)=O)(C(=O)N(C(C)c3ccc(C(C)(C)C#N)cc3)C(C)C3CCC(C#N)CC3)n3cnc4ccc(F)c(F)c43)c12. The van der Waals surface area contributed by atoms with Crippen molar-refractivity contribution in [2.75, 3.05) is 0 Å². The first-order valence-electron chi connectivity index (χ1n) is 18.0. The smallest absolute Gasteiger partial charge is 0.271 e. The van der Waals surface area contributed by atoms with Crippen LogP contribution in [0.15, 0.2) is 67.3 Å². The van der Waals surface area contributed by atoms with Crippen LogP contribution in [0.1, 0.15) is 94.2 Å². The van der Waals surface area contributed by atoms with Gasteiger partial charge in [-0.15, -0.1) is 0 Å². The molecule has 2 aromatic heterocycles. The van der Waals surface area contributed by atoms with Crippen molar-refractivity contribution >= 4 is 39.7 Å². The van der Waals surface area contributed by atoms with E-state index in [1.165, 1.54) is 30.2 Å². The van der Waals surface area contributed by atoms with Gasteiger partial charge in [-0.1, -0.05) is 30.3 Å². The van der Waals surface area contributed by atoms with Gasteiger partial charge >= 0.3 is 0 Å². The molecule has 54 heavy (non-hydrogen) atoms. The van der Waals surface area contributed by atoms with Crippen molar-refractivity contribution in [3.05, 3.63) is 95.6 Å². The van der Waals surface area contributed by atoms with E-state index in [9.17, 15) is 20.1 Å². The van der Waals surface area contributed by atoms with Crippen molar-refractivity contribution in [2.24, 2.45) is 17.6 Å². The lowest BCUT2D eigenvalue weighted by molar-refractivity contribution is -0.151. The molecule has 13 heteroatoms. The number of primary amides is 1. The molecule has 11 nitrogen and oxygen atoms in total. The number of imidazole rings is 2. The van der Waals surface area contributed by atoms with Crippen molar-refractivity contribution in [3.63, 3.8) is 0 Å². The van der Waals surface area contributed by atoms with Gasteiger partial charge in [0, 0.05) is 17.5 Å². The number of nitrogens with two attached hydrogens (primary N) is 1. The Morgan fingerprint density at radius 2 is 1.54 bits per heavy atom. The van der Waals surface area contributed by atoms with E-state index in [2.05, 4.69) is 22.1 Å². The number of hydrogen-bond acceptors (Lipinski definition) is 7. The average molecular weight is 733 g/mol. The maximum atomic E-state index is 16.2. The van der Waals surface area contributed by atoms with E-state index in [-0.39, 0.29) is 39.7 Å². The van der Waals surface area contributed by atoms with Crippen LogP contribution >= 0.6 is 0 Å². The number of benzene rings is 3. The van der Waals surface area contributed by atoms with Gasteiger partial charge in [0.05, 0.1) is 59.2 Å². The molecule has 3 aromatic carbocycles. The van der Waals surface area contributed by atoms with E-state index in [4.69, 9.17) is 5.73 Å². The van der Waals surface area contributed by atoms with E-state index in [1.807, 2.05) is 38.1 Å². The summed E-state index contributed by atoms with van der Waals surface area (Å²) in [5, 5.41) is 19.4. The third-order valence-electron chi connectivity index (χ3n) is 11.2. The number of rotatable bonds is 11. The third-order valence-corrected chi connectivity index (χ3v) is 11.2. The zero-order valence-electron chi connectivity index (χ0n) is 30.9. The van der Waals surface area contributed by atoms with Crippen LogP contribution < -0.4 is 5.73 Å². The number of Topliss-reactive ketones (excluding diaryl/α,β-unsaturated/α-hetero) is 1. The summed E-state index contributed by atoms with van der Waals surface area (Å²) in [7, 11) is 0. The number of aromatic nitrogens is 4. The summed E-state index contributed by atoms with van der Waals surface area (Å²) in [4.78, 5) is 53.3. The number of nitrogens with zero attached hydrogens (tertiary/aromatic N) is 7. The molecule has 0 bridgehead atoms. The van der Waals surface area contributed by atoms with E-state index in [0.717, 1.165) is 16.2 Å². The fourth-order valence-electron chi connectivity index (χ4n) is 8.04. The number of halogens is 2. The number of fused-ring (bicyclic) bond motifs is 2. The zero-order chi connectivity index (χ0) is 39.1. The van der Waals surface area contributed by atoms with Gasteiger partial charge in [0.1, 0.15) is 5.52 Å². The molecule has 6 rings (SSSR count). The molecule has 0 aliphatic heterocycles. The van der Waals surface area contributed by atoms with Gasteiger partial charge in [0.25, 0.3) is 5.91 Å². The first kappa shape index (κ1) is 37.8. The number of para-hydroxylation sites is 1. The summed E-state index contributed by atoms with van der Waals surface area (Å²) in [5.74, 6) is -4.68. The van der Waals surface area contributed by atoms with Crippen LogP contribution in [0, 0.1) is 46.1 Å². The minimum atomic E-state index is -2.30. The Labute approximate surface area is 312 Å². The highest BCUT2D eigenvalue weighted by Gasteiger charge is 2.51. The van der Waals surface area contributed by atoms with Crippen molar-refractivity contribution < 1.29 is 23.2 Å². The number of carbonyl (C=O) groups is 3. The summed E-state index contributed by atoms with van der Waals surface area (Å²) in [6, 6.07) is 17.9. The minimum Gasteiger partial charge on any atom is -0.370 e. The van der Waals surface area contributed by atoms with Crippen molar-refractivity contribution in [3.8, 4) is 12.1 Å². The van der Waals surface area contributed by atoms with Gasteiger partial charge in [-0.25, -0.2) is 18.7 Å². The Balaban J connectivity index is 1.67. The molecule has 5 aromatic rings. The Bertz CT molecular complexity index is 2340. The summed E-state index contributed by atoms with van der Waals surface area (Å²) < 4.78 is 33.7. The van der Waals surface area contributed by atoms with E-state index >= 15 is 13.6 Å². The van der Waals surface area contributed by atoms with Gasteiger partial charge in [-0.05, 0) is 102 Å². The first-order chi connectivity index (χ1) is 25.7. The third kappa shape index (κ3) is 6.38. The van der Waals surface area contributed by atoms with Crippen LogP contribution in [0.5, 0.6) is 0 Å². The molecular formula is C41H42F2N8O3. The fraction of sp³-hybridized carbons (Fsp3) is 0.390. The quantitative estimate of drug-likeness (QED) is 0.142. The van der Waals surface area contributed by atoms with E-state index in [0.29, 0.717) is 36.8 Å². The highest BCUT2D eigenvalue weighted by Crippen LogP contribution is 2.42. The standard InChI is InChI=1S/C41H42F2N8O3/c1-24(28-11-9-27(20-44)10-12-28)51(25(2)29-13-15-30(16-14-29)40(4,5)21-45)39(54)41(19-35(46)53,50-23-48-34-18-17-32(42)36(43)38(34)50)49-22-47-33-8-6-7-31(26(3)52)37(33)49/h6-8,13-18,22-25,27-28H,9-12,19H2,1-5H3,(H2,46,53). The molecule has 2 heterocycles. The largest absolute Gasteiger partial charge is 0.370 e. The summed E-state index contributed by atoms with van der Waals surface area (Å²) in [5.41, 5.74) is 4.75. The molecule has 0 saturated heterocycles. The van der Waals surface area contributed by atoms with Crippen LogP contribution in [0.2, 0.25) is 0 Å². The lowest BCUT2D eigenvalue weighted by atomic mass is 9.78. The van der Waals surface area contributed by atoms with Gasteiger partial charge < -0.3 is 10.6 Å². The molecule has 1 aliphatic carbocycles. The van der Waals surface area contributed by atoms with Crippen LogP contribution in [-0.4, -0.2) is 47.6 Å². The minimum absolute atomic E-state index is 0.0185. The number of nitriles is 2. The lowest BCUT2D eigenvalue weighted by Crippen LogP contribution is -2.60. The summed E-state index contributed by atoms with van der Waals surface area (Å²) >= 11 is 0. The molecule has 1 fully saturated rings. The molecule has 1 aliphatic rings. The van der Waals surface area contributed by atoms with Gasteiger partial charge in [-0.3, -0.25) is 23.5 Å². The second kappa shape index (κ2) is 14.5. The molecule has 3 unspecified atom stereocenters. The van der Waals surface area contributed by atoms with Crippen molar-refractivity contribution in [1.82, 2.24) is 24.0 Å². The molecule has 0 radical (unpaired) electrons. The zero-order valence-corrected chi connectivity index (χ0v) is 30.9. The van der Waals surface area contributed by atoms with Crippen LogP contribution in [0.3, 0.4) is 0 Å². The van der Waals surface area contributed by atoms with Crippen molar-refractivity contribution in [1.29, 1.82) is 10.5 Å². The normalized spacial score (nSPS) is 18.3. The fourth-order valence-corrected chi connectivity index (χ4v) is 8.04. The molecule has 3 atom stereocenters. The van der Waals surface area contributed by atoms with E-state index in [1.54, 1.807) is 36.9 Å². The number of hydrogen-bond donors (Lipinski definition) is 1. The van der Waals surface area contributed by atoms with Crippen molar-refractivity contribution in [2.45, 2.75) is 89.9 Å². The Hall–Kier alpha value is -5.95. The number of ketones is 1. The highest BCUT2D eigenvalue weighted by atomic mass is 19.2. The molecule has 0 spiro atoms. The maximum absolute atomic E-state index is 16.2. The van der Waals surface area contributed by atoms with Crippen LogP contribution in [0.25, 0.3) is 22.1 Å². The van der Waals surface area contributed by atoms with Gasteiger partial charge in [0.15, 0.2) is 17.4 Å². The van der Waals surface area contributed by atoms with Crippen LogP contribution in [0.4, 0.5) is 8.78 Å². The van der Waals surface area contributed by atoms with Gasteiger partial charge in [-0.2, -0.15) is 10.5 Å². The number of amides is 2. The van der Waals surface area contributed by atoms with E-state index < -0.39 is 53.0 Å². The van der Waals surface area contributed by atoms with Gasteiger partial charge in [0.2, 0.25) is 11.6 Å². The topological polar surface area (TPSA) is 164 Å². The molecular weight excluding hydrogens is 691 g/mol. The lowest BCUT2D eigenvalue weighted by Gasteiger charge is -2.46. The molecule has 2 amide bonds. The Morgan fingerprint density at radius 1 is 0.926 bits per heavy atom. The highest BCUT2D eigenvalue weighted by molar-refractivity contribution is 6.06. The molecule has 278 valence electrons. The van der Waals surface area contributed by atoms with Crippen LogP contribution in [-0.2, 0) is 20.7 Å².